The van der Waals surface area contributed by atoms with Crippen molar-refractivity contribution in [2.75, 3.05) is 5.32 Å². The van der Waals surface area contributed by atoms with E-state index in [0.29, 0.717) is 22.9 Å². The Kier molecular flexibility index (Phi) is 5.30. The van der Waals surface area contributed by atoms with Gasteiger partial charge in [-0.05, 0) is 56.7 Å². The molecule has 1 aromatic carbocycles. The zero-order chi connectivity index (χ0) is 20.5. The van der Waals surface area contributed by atoms with Gasteiger partial charge in [-0.25, -0.2) is 4.79 Å². The molecule has 3 N–H and O–H groups in total. The number of phenolic OH excluding ortho intramolecular Hbond substituents is 1. The molecule has 7 nitrogen and oxygen atoms in total. The number of aromatic nitrogens is 2. The van der Waals surface area contributed by atoms with E-state index in [2.05, 4.69) is 15.7 Å². The molecule has 2 aliphatic carbocycles. The summed E-state index contributed by atoms with van der Waals surface area (Å²) in [5.41, 5.74) is 2.55. The van der Waals surface area contributed by atoms with Gasteiger partial charge < -0.3 is 15.7 Å². The Morgan fingerprint density at radius 1 is 1.17 bits per heavy atom. The summed E-state index contributed by atoms with van der Waals surface area (Å²) >= 11 is 0. The Labute approximate surface area is 170 Å². The maximum atomic E-state index is 12.6. The van der Waals surface area contributed by atoms with Crippen LogP contribution in [-0.4, -0.2) is 32.9 Å². The fourth-order valence-electron chi connectivity index (χ4n) is 3.55. The number of anilines is 1. The fraction of sp³-hybridized carbons (Fsp3) is 0.500. The minimum Gasteiger partial charge on any atom is -0.507 e. The first kappa shape index (κ1) is 19.5. The summed E-state index contributed by atoms with van der Waals surface area (Å²) in [5.74, 6) is 0.293. The van der Waals surface area contributed by atoms with Crippen molar-refractivity contribution in [2.45, 2.75) is 64.3 Å². The first-order chi connectivity index (χ1) is 14.0. The number of hydrogen-bond donors (Lipinski definition) is 3. The second-order valence-corrected chi connectivity index (χ2v) is 8.10. The van der Waals surface area contributed by atoms with Gasteiger partial charge >= 0.3 is 6.03 Å². The van der Waals surface area contributed by atoms with Gasteiger partial charge in [-0.3, -0.25) is 4.79 Å². The standard InChI is InChI=1S/C22H28N4O3/c1-3-13(4-2)21(28)23-16-9-10-17(20(27)11-16)18-12-19(14-5-6-14)26(25-18)22(29)24-15-7-8-15/h9-15,27H,3-8H2,1-2H3,(H,23,28)(H,24,29). The largest absolute Gasteiger partial charge is 0.507 e. The SMILES string of the molecule is CCC(CC)C(=O)Nc1ccc(-c2cc(C3CC3)n(C(=O)NC3CC3)n2)c(O)c1. The van der Waals surface area contributed by atoms with Gasteiger partial charge in [-0.2, -0.15) is 9.78 Å². The Morgan fingerprint density at radius 2 is 1.90 bits per heavy atom. The third-order valence-corrected chi connectivity index (χ3v) is 5.73. The van der Waals surface area contributed by atoms with E-state index in [4.69, 9.17) is 0 Å². The van der Waals surface area contributed by atoms with Crippen LogP contribution in [0, 0.1) is 5.92 Å². The molecule has 4 rings (SSSR count). The normalized spacial score (nSPS) is 16.1. The number of aromatic hydroxyl groups is 1. The van der Waals surface area contributed by atoms with Crippen molar-refractivity contribution in [1.29, 1.82) is 0 Å². The van der Waals surface area contributed by atoms with Crippen LogP contribution in [0.3, 0.4) is 0 Å². The summed E-state index contributed by atoms with van der Waals surface area (Å²) in [6.45, 7) is 3.98. The van der Waals surface area contributed by atoms with E-state index in [-0.39, 0.29) is 29.6 Å². The molecular formula is C22H28N4O3. The number of rotatable bonds is 7. The number of carbonyl (C=O) groups excluding carboxylic acids is 2. The lowest BCUT2D eigenvalue weighted by molar-refractivity contribution is -0.120. The number of phenols is 1. The lowest BCUT2D eigenvalue weighted by atomic mass is 10.0. The van der Waals surface area contributed by atoms with Crippen molar-refractivity contribution < 1.29 is 14.7 Å². The Bertz CT molecular complexity index is 924. The number of hydrogen-bond acceptors (Lipinski definition) is 4. The zero-order valence-corrected chi connectivity index (χ0v) is 16.9. The summed E-state index contributed by atoms with van der Waals surface area (Å²) in [6.07, 6.45) is 5.68. The third kappa shape index (κ3) is 4.28. The molecule has 154 valence electrons. The summed E-state index contributed by atoms with van der Waals surface area (Å²) < 4.78 is 1.45. The first-order valence-corrected chi connectivity index (χ1v) is 10.5. The van der Waals surface area contributed by atoms with Crippen molar-refractivity contribution in [3.8, 4) is 17.0 Å². The topological polar surface area (TPSA) is 96.3 Å². The van der Waals surface area contributed by atoms with E-state index in [9.17, 15) is 14.7 Å². The molecule has 2 amide bonds. The van der Waals surface area contributed by atoms with Crippen LogP contribution in [0.25, 0.3) is 11.3 Å². The summed E-state index contributed by atoms with van der Waals surface area (Å²) in [7, 11) is 0. The molecule has 1 heterocycles. The summed E-state index contributed by atoms with van der Waals surface area (Å²) in [4.78, 5) is 24.8. The van der Waals surface area contributed by atoms with Gasteiger partial charge in [0.05, 0.1) is 11.4 Å². The molecule has 1 aromatic heterocycles. The Morgan fingerprint density at radius 3 is 2.48 bits per heavy atom. The molecule has 0 bridgehead atoms. The van der Waals surface area contributed by atoms with Crippen molar-refractivity contribution in [1.82, 2.24) is 15.1 Å². The average Bonchev–Trinajstić information content (AvgIpc) is 3.62. The predicted molar refractivity (Wildman–Crippen MR) is 111 cm³/mol. The van der Waals surface area contributed by atoms with Crippen LogP contribution < -0.4 is 10.6 Å². The highest BCUT2D eigenvalue weighted by Crippen LogP contribution is 2.42. The quantitative estimate of drug-likeness (QED) is 0.653. The van der Waals surface area contributed by atoms with Gasteiger partial charge in [0.2, 0.25) is 5.91 Å². The monoisotopic (exact) mass is 396 g/mol. The minimum absolute atomic E-state index is 0.0296. The second-order valence-electron chi connectivity index (χ2n) is 8.10. The first-order valence-electron chi connectivity index (χ1n) is 10.5. The minimum atomic E-state index is -0.200. The molecule has 0 spiro atoms. The Hall–Kier alpha value is -2.83. The highest BCUT2D eigenvalue weighted by atomic mass is 16.3. The van der Waals surface area contributed by atoms with Crippen molar-refractivity contribution in [3.63, 3.8) is 0 Å². The van der Waals surface area contributed by atoms with Gasteiger partial charge in [0.1, 0.15) is 5.75 Å². The molecule has 2 aliphatic rings. The lowest BCUT2D eigenvalue weighted by Crippen LogP contribution is -2.32. The van der Waals surface area contributed by atoms with Crippen LogP contribution in [-0.2, 0) is 4.79 Å². The van der Waals surface area contributed by atoms with E-state index < -0.39 is 0 Å². The third-order valence-electron chi connectivity index (χ3n) is 5.73. The molecule has 2 saturated carbocycles. The van der Waals surface area contributed by atoms with Crippen LogP contribution in [0.15, 0.2) is 24.3 Å². The molecule has 0 unspecified atom stereocenters. The van der Waals surface area contributed by atoms with E-state index in [1.54, 1.807) is 12.1 Å². The number of amides is 2. The molecule has 2 fully saturated rings. The van der Waals surface area contributed by atoms with Gasteiger partial charge in [0.15, 0.2) is 0 Å². The molecule has 7 heteroatoms. The van der Waals surface area contributed by atoms with E-state index in [1.807, 2.05) is 19.9 Å². The predicted octanol–water partition coefficient (Wildman–Crippen LogP) is 4.23. The second kappa shape index (κ2) is 7.89. The highest BCUT2D eigenvalue weighted by Gasteiger charge is 2.32. The van der Waals surface area contributed by atoms with Gasteiger partial charge in [0.25, 0.3) is 0 Å². The van der Waals surface area contributed by atoms with E-state index >= 15 is 0 Å². The summed E-state index contributed by atoms with van der Waals surface area (Å²) in [6, 6.07) is 6.98. The molecule has 2 aromatic rings. The van der Waals surface area contributed by atoms with Crippen LogP contribution in [0.4, 0.5) is 10.5 Å². The van der Waals surface area contributed by atoms with Crippen LogP contribution in [0.5, 0.6) is 5.75 Å². The van der Waals surface area contributed by atoms with Crippen molar-refractivity contribution in [3.05, 3.63) is 30.0 Å². The van der Waals surface area contributed by atoms with E-state index in [1.165, 1.54) is 10.7 Å². The van der Waals surface area contributed by atoms with Crippen molar-refractivity contribution in [2.24, 2.45) is 5.92 Å². The summed E-state index contributed by atoms with van der Waals surface area (Å²) in [5, 5.41) is 20.9. The van der Waals surface area contributed by atoms with Crippen molar-refractivity contribution >= 4 is 17.6 Å². The number of nitrogens with zero attached hydrogens (tertiary/aromatic N) is 2. The molecular weight excluding hydrogens is 368 g/mol. The lowest BCUT2D eigenvalue weighted by Gasteiger charge is -2.13. The molecule has 0 saturated heterocycles. The maximum Gasteiger partial charge on any atom is 0.342 e. The molecule has 29 heavy (non-hydrogen) atoms. The number of nitrogens with one attached hydrogen (secondary N) is 2. The highest BCUT2D eigenvalue weighted by molar-refractivity contribution is 5.93. The maximum absolute atomic E-state index is 12.6. The number of carbonyl (C=O) groups is 2. The molecule has 0 aliphatic heterocycles. The average molecular weight is 396 g/mol. The zero-order valence-electron chi connectivity index (χ0n) is 16.9. The van der Waals surface area contributed by atoms with Gasteiger partial charge in [-0.15, -0.1) is 0 Å². The van der Waals surface area contributed by atoms with Gasteiger partial charge in [-0.1, -0.05) is 13.8 Å². The van der Waals surface area contributed by atoms with Crippen LogP contribution in [0.2, 0.25) is 0 Å². The molecule has 0 atom stereocenters. The number of benzene rings is 1. The smallest absolute Gasteiger partial charge is 0.342 e. The van der Waals surface area contributed by atoms with E-state index in [0.717, 1.165) is 44.2 Å². The fourth-order valence-corrected chi connectivity index (χ4v) is 3.55. The van der Waals surface area contributed by atoms with Gasteiger partial charge in [0, 0.05) is 35.2 Å². The Balaban J connectivity index is 1.56. The van der Waals surface area contributed by atoms with Crippen LogP contribution >= 0.6 is 0 Å². The van der Waals surface area contributed by atoms with Crippen LogP contribution in [0.1, 0.15) is 64.0 Å². The molecule has 0 radical (unpaired) electrons.